The summed E-state index contributed by atoms with van der Waals surface area (Å²) in [6, 6.07) is 6.32. The lowest BCUT2D eigenvalue weighted by Crippen LogP contribution is -2.35. The van der Waals surface area contributed by atoms with E-state index in [1.54, 1.807) is 0 Å². The number of nitrogens with zero attached hydrogens (tertiary/aromatic N) is 1. The summed E-state index contributed by atoms with van der Waals surface area (Å²) < 4.78 is 11.3. The molecule has 31 heavy (non-hydrogen) atoms. The van der Waals surface area contributed by atoms with E-state index in [-0.39, 0.29) is 11.3 Å². The molecule has 2 saturated carbocycles. The Morgan fingerprint density at radius 2 is 1.74 bits per heavy atom. The average Bonchev–Trinajstić information content (AvgIpc) is 3.26. The first kappa shape index (κ1) is 21.6. The summed E-state index contributed by atoms with van der Waals surface area (Å²) in [5, 5.41) is 0.255. The fourth-order valence-electron chi connectivity index (χ4n) is 6.09. The molecule has 0 spiro atoms. The third-order valence-corrected chi connectivity index (χ3v) is 8.66. The summed E-state index contributed by atoms with van der Waals surface area (Å²) in [6.07, 6.45) is 11.5. The molecule has 0 unspecified atom stereocenters. The monoisotopic (exact) mass is 445 g/mol. The summed E-state index contributed by atoms with van der Waals surface area (Å²) >= 11 is 6.04. The Morgan fingerprint density at radius 3 is 2.48 bits per heavy atom. The van der Waals surface area contributed by atoms with Crippen LogP contribution in [0.25, 0.3) is 0 Å². The number of carbonyl (C=O) groups is 1. The number of piperidine rings is 1. The van der Waals surface area contributed by atoms with Crippen molar-refractivity contribution in [3.63, 3.8) is 0 Å². The summed E-state index contributed by atoms with van der Waals surface area (Å²) in [4.78, 5) is 15.0. The van der Waals surface area contributed by atoms with Gasteiger partial charge in [0.05, 0.1) is 0 Å². The smallest absolute Gasteiger partial charge is 0.231 e. The van der Waals surface area contributed by atoms with Gasteiger partial charge in [0.15, 0.2) is 11.5 Å². The Balaban J connectivity index is 1.00. The second-order valence-electron chi connectivity index (χ2n) is 10.3. The van der Waals surface area contributed by atoms with Gasteiger partial charge in [0.25, 0.3) is 0 Å². The third-order valence-electron chi connectivity index (χ3n) is 8.30. The third kappa shape index (κ3) is 5.06. The van der Waals surface area contributed by atoms with Crippen LogP contribution in [-0.2, 0) is 4.79 Å². The predicted octanol–water partition coefficient (Wildman–Crippen LogP) is 5.77. The zero-order valence-electron chi connectivity index (χ0n) is 18.6. The summed E-state index contributed by atoms with van der Waals surface area (Å²) in [7, 11) is 0. The number of ether oxygens (including phenoxy) is 2. The van der Waals surface area contributed by atoms with Gasteiger partial charge in [-0.05, 0) is 88.4 Å². The number of fused-ring (bicyclic) bond motifs is 1. The molecule has 1 aromatic rings. The Kier molecular flexibility index (Phi) is 6.75. The molecule has 5 rings (SSSR count). The Morgan fingerprint density at radius 1 is 1.00 bits per heavy atom. The van der Waals surface area contributed by atoms with Crippen LogP contribution in [0.1, 0.15) is 75.7 Å². The molecule has 3 fully saturated rings. The van der Waals surface area contributed by atoms with E-state index in [0.717, 1.165) is 36.7 Å². The second kappa shape index (κ2) is 9.70. The molecular weight excluding hydrogens is 410 g/mol. The SMILES string of the molecule is O=C(CC1CCC(CCN2CCC(c3cccc4c3OCO4)CC2)CC1)C1CC(Cl)C1. The van der Waals surface area contributed by atoms with Gasteiger partial charge < -0.3 is 14.4 Å². The minimum absolute atomic E-state index is 0.255. The normalized spacial score (nSPS) is 31.4. The van der Waals surface area contributed by atoms with Crippen molar-refractivity contribution in [3.8, 4) is 11.5 Å². The van der Waals surface area contributed by atoms with E-state index in [0.29, 0.717) is 24.4 Å². The maximum absolute atomic E-state index is 12.4. The van der Waals surface area contributed by atoms with Crippen molar-refractivity contribution in [1.82, 2.24) is 4.90 Å². The number of carbonyl (C=O) groups excluding carboxylic acids is 1. The van der Waals surface area contributed by atoms with Crippen molar-refractivity contribution >= 4 is 17.4 Å². The Bertz CT molecular complexity index is 762. The van der Waals surface area contributed by atoms with Gasteiger partial charge in [-0.1, -0.05) is 25.0 Å². The van der Waals surface area contributed by atoms with E-state index in [2.05, 4.69) is 17.0 Å². The van der Waals surface area contributed by atoms with Crippen LogP contribution in [-0.4, -0.2) is 42.5 Å². The highest BCUT2D eigenvalue weighted by Crippen LogP contribution is 2.42. The van der Waals surface area contributed by atoms with Gasteiger partial charge in [0.2, 0.25) is 6.79 Å². The highest BCUT2D eigenvalue weighted by Gasteiger charge is 2.34. The second-order valence-corrected chi connectivity index (χ2v) is 10.9. The standard InChI is InChI=1S/C26H36ClNO3/c27-22-15-21(16-22)24(29)14-19-6-4-18(5-7-19)8-11-28-12-9-20(10-13-28)23-2-1-3-25-26(23)31-17-30-25/h1-3,18-22H,4-17H2. The molecule has 1 aromatic carbocycles. The maximum Gasteiger partial charge on any atom is 0.231 e. The van der Waals surface area contributed by atoms with Crippen molar-refractivity contribution < 1.29 is 14.3 Å². The number of Topliss-reactive ketones (excluding diaryl/α,β-unsaturated/α-hetero) is 1. The van der Waals surface area contributed by atoms with Crippen LogP contribution in [0.15, 0.2) is 18.2 Å². The number of rotatable bonds is 7. The highest BCUT2D eigenvalue weighted by molar-refractivity contribution is 6.21. The van der Waals surface area contributed by atoms with Crippen LogP contribution in [0.4, 0.5) is 0 Å². The molecule has 0 bridgehead atoms. The van der Waals surface area contributed by atoms with Crippen LogP contribution in [0.3, 0.4) is 0 Å². The highest BCUT2D eigenvalue weighted by atomic mass is 35.5. The summed E-state index contributed by atoms with van der Waals surface area (Å²) in [5.41, 5.74) is 1.34. The molecule has 0 N–H and O–H groups in total. The van der Waals surface area contributed by atoms with Gasteiger partial charge in [-0.25, -0.2) is 0 Å². The number of para-hydroxylation sites is 1. The van der Waals surface area contributed by atoms with E-state index in [1.165, 1.54) is 70.1 Å². The molecule has 2 aliphatic heterocycles. The first-order valence-corrected chi connectivity index (χ1v) is 12.9. The minimum Gasteiger partial charge on any atom is -0.454 e. The number of likely N-dealkylation sites (tertiary alicyclic amines) is 1. The summed E-state index contributed by atoms with van der Waals surface area (Å²) in [6.45, 7) is 3.95. The van der Waals surface area contributed by atoms with E-state index < -0.39 is 0 Å². The molecular formula is C26H36ClNO3. The molecule has 0 radical (unpaired) electrons. The van der Waals surface area contributed by atoms with E-state index in [9.17, 15) is 4.79 Å². The number of halogens is 1. The van der Waals surface area contributed by atoms with Gasteiger partial charge in [-0.2, -0.15) is 0 Å². The van der Waals surface area contributed by atoms with E-state index >= 15 is 0 Å². The molecule has 0 aromatic heterocycles. The van der Waals surface area contributed by atoms with Crippen LogP contribution in [0, 0.1) is 17.8 Å². The predicted molar refractivity (Wildman–Crippen MR) is 123 cm³/mol. The van der Waals surface area contributed by atoms with E-state index in [1.807, 2.05) is 6.07 Å². The molecule has 2 heterocycles. The van der Waals surface area contributed by atoms with Gasteiger partial charge in [-0.3, -0.25) is 4.79 Å². The molecule has 170 valence electrons. The zero-order valence-corrected chi connectivity index (χ0v) is 19.3. The van der Waals surface area contributed by atoms with Crippen molar-refractivity contribution in [2.24, 2.45) is 17.8 Å². The Hall–Kier alpha value is -1.26. The number of ketones is 1. The van der Waals surface area contributed by atoms with Gasteiger partial charge in [0.1, 0.15) is 5.78 Å². The molecule has 5 heteroatoms. The van der Waals surface area contributed by atoms with Crippen LogP contribution in [0.5, 0.6) is 11.5 Å². The average molecular weight is 446 g/mol. The first-order chi connectivity index (χ1) is 15.2. The van der Waals surface area contributed by atoms with Crippen LogP contribution < -0.4 is 9.47 Å². The zero-order chi connectivity index (χ0) is 21.2. The number of alkyl halides is 1. The fourth-order valence-corrected chi connectivity index (χ4v) is 6.52. The van der Waals surface area contributed by atoms with Crippen LogP contribution in [0.2, 0.25) is 0 Å². The number of benzene rings is 1. The van der Waals surface area contributed by atoms with Crippen molar-refractivity contribution in [2.75, 3.05) is 26.4 Å². The van der Waals surface area contributed by atoms with Crippen molar-refractivity contribution in [2.45, 2.75) is 75.5 Å². The van der Waals surface area contributed by atoms with Crippen molar-refractivity contribution in [3.05, 3.63) is 23.8 Å². The quantitative estimate of drug-likeness (QED) is 0.499. The van der Waals surface area contributed by atoms with Gasteiger partial charge in [-0.15, -0.1) is 11.6 Å². The number of hydrogen-bond acceptors (Lipinski definition) is 4. The fraction of sp³-hybridized carbons (Fsp3) is 0.731. The first-order valence-electron chi connectivity index (χ1n) is 12.4. The summed E-state index contributed by atoms with van der Waals surface area (Å²) in [5.74, 6) is 4.73. The van der Waals surface area contributed by atoms with E-state index in [4.69, 9.17) is 21.1 Å². The lowest BCUT2D eigenvalue weighted by Gasteiger charge is -2.35. The largest absolute Gasteiger partial charge is 0.454 e. The lowest BCUT2D eigenvalue weighted by atomic mass is 9.74. The van der Waals surface area contributed by atoms with Gasteiger partial charge >= 0.3 is 0 Å². The number of hydrogen-bond donors (Lipinski definition) is 0. The molecule has 1 saturated heterocycles. The van der Waals surface area contributed by atoms with Gasteiger partial charge in [0, 0.05) is 23.3 Å². The van der Waals surface area contributed by atoms with Crippen molar-refractivity contribution in [1.29, 1.82) is 0 Å². The maximum atomic E-state index is 12.4. The molecule has 0 amide bonds. The Labute approximate surface area is 191 Å². The molecule has 4 nitrogen and oxygen atoms in total. The molecule has 4 aliphatic rings. The molecule has 2 aliphatic carbocycles. The molecule has 0 atom stereocenters. The minimum atomic E-state index is 0.255. The van der Waals surface area contributed by atoms with Crippen LogP contribution >= 0.6 is 11.6 Å². The lowest BCUT2D eigenvalue weighted by molar-refractivity contribution is -0.126. The topological polar surface area (TPSA) is 38.8 Å².